The first-order valence-corrected chi connectivity index (χ1v) is 6.51. The van der Waals surface area contributed by atoms with Gasteiger partial charge in [-0.15, -0.1) is 0 Å². The van der Waals surface area contributed by atoms with Crippen molar-refractivity contribution in [1.29, 1.82) is 0 Å². The van der Waals surface area contributed by atoms with Crippen molar-refractivity contribution in [2.75, 3.05) is 13.2 Å². The summed E-state index contributed by atoms with van der Waals surface area (Å²) in [6, 6.07) is 4.03. The van der Waals surface area contributed by atoms with E-state index in [2.05, 4.69) is 10.1 Å². The van der Waals surface area contributed by atoms with Crippen LogP contribution in [0.2, 0.25) is 0 Å². The Morgan fingerprint density at radius 1 is 1.37 bits per heavy atom. The number of pyridine rings is 1. The minimum absolute atomic E-state index is 0.243. The zero-order chi connectivity index (χ0) is 14.1. The van der Waals surface area contributed by atoms with E-state index in [1.807, 2.05) is 26.0 Å². The summed E-state index contributed by atoms with van der Waals surface area (Å²) in [5, 5.41) is 11.7. The SMILES string of the molecule is CC(C)(CCOCCCc1ccncc1)C(N)=NO. The molecule has 5 nitrogen and oxygen atoms in total. The fourth-order valence-electron chi connectivity index (χ4n) is 1.62. The normalized spacial score (nSPS) is 12.6. The second-order valence-electron chi connectivity index (χ2n) is 5.19. The van der Waals surface area contributed by atoms with Crippen molar-refractivity contribution in [2.45, 2.75) is 33.1 Å². The standard InChI is InChI=1S/C14H23N3O2/c1-14(2,13(15)17-18)7-11-19-10-3-4-12-5-8-16-9-6-12/h5-6,8-9,18H,3-4,7,10-11H2,1-2H3,(H2,15,17). The summed E-state index contributed by atoms with van der Waals surface area (Å²) < 4.78 is 5.58. The van der Waals surface area contributed by atoms with Crippen LogP contribution in [-0.2, 0) is 11.2 Å². The summed E-state index contributed by atoms with van der Waals surface area (Å²) in [6.07, 6.45) is 6.31. The Morgan fingerprint density at radius 3 is 2.68 bits per heavy atom. The summed E-state index contributed by atoms with van der Waals surface area (Å²) in [7, 11) is 0. The molecule has 0 bridgehead atoms. The number of rotatable bonds is 8. The molecule has 0 saturated heterocycles. The Kier molecular flexibility index (Phi) is 6.29. The van der Waals surface area contributed by atoms with Gasteiger partial charge in [-0.2, -0.15) is 0 Å². The van der Waals surface area contributed by atoms with Crippen LogP contribution in [-0.4, -0.2) is 29.2 Å². The quantitative estimate of drug-likeness (QED) is 0.248. The van der Waals surface area contributed by atoms with E-state index in [1.165, 1.54) is 5.56 Å². The van der Waals surface area contributed by atoms with Crippen molar-refractivity contribution < 1.29 is 9.94 Å². The van der Waals surface area contributed by atoms with Crippen molar-refractivity contribution in [1.82, 2.24) is 4.98 Å². The van der Waals surface area contributed by atoms with Gasteiger partial charge in [0.25, 0.3) is 0 Å². The number of hydrogen-bond donors (Lipinski definition) is 2. The molecule has 0 aliphatic heterocycles. The summed E-state index contributed by atoms with van der Waals surface area (Å²) in [4.78, 5) is 3.98. The average molecular weight is 265 g/mol. The number of aryl methyl sites for hydroxylation is 1. The third-order valence-corrected chi connectivity index (χ3v) is 3.18. The number of aromatic nitrogens is 1. The zero-order valence-electron chi connectivity index (χ0n) is 11.7. The van der Waals surface area contributed by atoms with Crippen LogP contribution in [0.3, 0.4) is 0 Å². The molecule has 1 rings (SSSR count). The Balaban J connectivity index is 2.12. The fraction of sp³-hybridized carbons (Fsp3) is 0.571. The first-order chi connectivity index (χ1) is 9.06. The molecular weight excluding hydrogens is 242 g/mol. The van der Waals surface area contributed by atoms with Crippen LogP contribution >= 0.6 is 0 Å². The lowest BCUT2D eigenvalue weighted by molar-refractivity contribution is 0.114. The largest absolute Gasteiger partial charge is 0.409 e. The number of oxime groups is 1. The molecule has 5 heteroatoms. The van der Waals surface area contributed by atoms with Gasteiger partial charge in [-0.1, -0.05) is 19.0 Å². The van der Waals surface area contributed by atoms with Gasteiger partial charge in [-0.3, -0.25) is 4.98 Å². The molecule has 0 amide bonds. The summed E-state index contributed by atoms with van der Waals surface area (Å²) in [6.45, 7) is 5.19. The topological polar surface area (TPSA) is 80.7 Å². The first-order valence-electron chi connectivity index (χ1n) is 6.51. The van der Waals surface area contributed by atoms with Crippen LogP contribution in [0.25, 0.3) is 0 Å². The van der Waals surface area contributed by atoms with Crippen LogP contribution in [0.5, 0.6) is 0 Å². The molecule has 0 aliphatic rings. The van der Waals surface area contributed by atoms with E-state index in [9.17, 15) is 0 Å². The minimum Gasteiger partial charge on any atom is -0.409 e. The molecule has 19 heavy (non-hydrogen) atoms. The lowest BCUT2D eigenvalue weighted by Gasteiger charge is -2.22. The Morgan fingerprint density at radius 2 is 2.05 bits per heavy atom. The van der Waals surface area contributed by atoms with Crippen LogP contribution in [0.1, 0.15) is 32.3 Å². The summed E-state index contributed by atoms with van der Waals surface area (Å²) in [5.74, 6) is 0.243. The van der Waals surface area contributed by atoms with Crippen LogP contribution in [0.15, 0.2) is 29.7 Å². The third kappa shape index (κ3) is 5.70. The average Bonchev–Trinajstić information content (AvgIpc) is 2.42. The van der Waals surface area contributed by atoms with E-state index in [0.29, 0.717) is 13.2 Å². The molecule has 3 N–H and O–H groups in total. The highest BCUT2D eigenvalue weighted by atomic mass is 16.5. The van der Waals surface area contributed by atoms with Crippen molar-refractivity contribution >= 4 is 5.84 Å². The van der Waals surface area contributed by atoms with E-state index >= 15 is 0 Å². The minimum atomic E-state index is -0.333. The predicted molar refractivity (Wildman–Crippen MR) is 75.2 cm³/mol. The van der Waals surface area contributed by atoms with Crippen LogP contribution < -0.4 is 5.73 Å². The van der Waals surface area contributed by atoms with Gasteiger partial charge in [-0.25, -0.2) is 0 Å². The lowest BCUT2D eigenvalue weighted by Crippen LogP contribution is -2.33. The van der Waals surface area contributed by atoms with Gasteiger partial charge in [-0.05, 0) is 37.0 Å². The van der Waals surface area contributed by atoms with E-state index in [1.54, 1.807) is 12.4 Å². The molecule has 1 aromatic rings. The number of amidine groups is 1. The summed E-state index contributed by atoms with van der Waals surface area (Å²) in [5.41, 5.74) is 6.55. The highest BCUT2D eigenvalue weighted by Crippen LogP contribution is 2.20. The second kappa shape index (κ2) is 7.74. The fourth-order valence-corrected chi connectivity index (χ4v) is 1.62. The smallest absolute Gasteiger partial charge is 0.144 e. The summed E-state index contributed by atoms with van der Waals surface area (Å²) >= 11 is 0. The molecule has 0 unspecified atom stereocenters. The molecule has 1 heterocycles. The van der Waals surface area contributed by atoms with Crippen molar-refractivity contribution in [3.63, 3.8) is 0 Å². The molecule has 0 aliphatic carbocycles. The van der Waals surface area contributed by atoms with Gasteiger partial charge in [0, 0.05) is 31.0 Å². The molecule has 0 fully saturated rings. The van der Waals surface area contributed by atoms with Gasteiger partial charge >= 0.3 is 0 Å². The molecule has 106 valence electrons. The van der Waals surface area contributed by atoms with Crippen LogP contribution in [0.4, 0.5) is 0 Å². The number of ether oxygens (including phenoxy) is 1. The maximum Gasteiger partial charge on any atom is 0.144 e. The number of nitrogens with zero attached hydrogens (tertiary/aromatic N) is 2. The molecule has 0 saturated carbocycles. The second-order valence-corrected chi connectivity index (χ2v) is 5.19. The monoisotopic (exact) mass is 265 g/mol. The molecule has 0 radical (unpaired) electrons. The molecule has 0 atom stereocenters. The van der Waals surface area contributed by atoms with Gasteiger partial charge in [0.15, 0.2) is 0 Å². The first kappa shape index (κ1) is 15.4. The number of hydrogen-bond acceptors (Lipinski definition) is 4. The molecular formula is C14H23N3O2. The van der Waals surface area contributed by atoms with E-state index < -0.39 is 0 Å². The van der Waals surface area contributed by atoms with E-state index in [4.69, 9.17) is 15.7 Å². The van der Waals surface area contributed by atoms with Gasteiger partial charge < -0.3 is 15.7 Å². The van der Waals surface area contributed by atoms with E-state index in [0.717, 1.165) is 19.3 Å². The van der Waals surface area contributed by atoms with Crippen molar-refractivity contribution in [2.24, 2.45) is 16.3 Å². The molecule has 0 aromatic carbocycles. The van der Waals surface area contributed by atoms with Crippen LogP contribution in [0, 0.1) is 5.41 Å². The third-order valence-electron chi connectivity index (χ3n) is 3.18. The Hall–Kier alpha value is -1.62. The van der Waals surface area contributed by atoms with Crippen molar-refractivity contribution in [3.8, 4) is 0 Å². The zero-order valence-corrected chi connectivity index (χ0v) is 11.7. The molecule has 1 aromatic heterocycles. The maximum atomic E-state index is 8.65. The maximum absolute atomic E-state index is 8.65. The lowest BCUT2D eigenvalue weighted by atomic mass is 9.88. The Labute approximate surface area is 114 Å². The van der Waals surface area contributed by atoms with Gasteiger partial charge in [0.1, 0.15) is 5.84 Å². The predicted octanol–water partition coefficient (Wildman–Crippen LogP) is 2.19. The highest BCUT2D eigenvalue weighted by Gasteiger charge is 2.22. The van der Waals surface area contributed by atoms with E-state index in [-0.39, 0.29) is 11.3 Å². The number of nitrogens with two attached hydrogens (primary N) is 1. The highest BCUT2D eigenvalue weighted by molar-refractivity contribution is 5.85. The molecule has 0 spiro atoms. The Bertz CT molecular complexity index is 391. The van der Waals surface area contributed by atoms with Crippen molar-refractivity contribution in [3.05, 3.63) is 30.1 Å². The van der Waals surface area contributed by atoms with Gasteiger partial charge in [0.05, 0.1) is 0 Å². The van der Waals surface area contributed by atoms with Gasteiger partial charge in [0.2, 0.25) is 0 Å².